The molecule has 1 amide bonds. The summed E-state index contributed by atoms with van der Waals surface area (Å²) in [7, 11) is 0. The minimum Gasteiger partial charge on any atom is -0.543 e. The number of hydrogen-bond donors (Lipinski definition) is 3. The fourth-order valence-electron chi connectivity index (χ4n) is 2.14. The van der Waals surface area contributed by atoms with Crippen molar-refractivity contribution in [3.63, 3.8) is 0 Å². The van der Waals surface area contributed by atoms with Crippen LogP contribution in [0.2, 0.25) is 0 Å². The van der Waals surface area contributed by atoms with Crippen molar-refractivity contribution in [2.24, 2.45) is 5.73 Å². The van der Waals surface area contributed by atoms with Gasteiger partial charge in [0.2, 0.25) is 5.91 Å². The average Bonchev–Trinajstić information content (AvgIpc) is 2.98. The molecule has 0 aliphatic carbocycles. The minimum atomic E-state index is -1.40. The Morgan fingerprint density at radius 1 is 1.23 bits per heavy atom. The second-order valence-corrected chi connectivity index (χ2v) is 5.32. The Kier molecular flexibility index (Phi) is 9.06. The standard InChI is InChI=1S/C9H8N4O3.C8H11N.K/c1-4(14)13-5-2-10-7-6(5)11-3-12-8(7)9(15)16;1-7(9)8-5-3-2-4-6-8;/h2-3,10H,1H3,(H,13,14)(H,15,16);2-7H,9H2,1H3;/q;;+1/p-1/t;7-;/m.0./s1. The molecule has 0 fully saturated rings. The number of nitrogens with zero attached hydrogens (tertiary/aromatic N) is 2. The molecule has 3 aromatic rings. The molecule has 0 saturated carbocycles. The van der Waals surface area contributed by atoms with Gasteiger partial charge in [0.25, 0.3) is 0 Å². The molecule has 9 heteroatoms. The Balaban J connectivity index is 0.000000290. The number of nitrogens with one attached hydrogen (secondary N) is 2. The summed E-state index contributed by atoms with van der Waals surface area (Å²) < 4.78 is 0. The van der Waals surface area contributed by atoms with Crippen molar-refractivity contribution in [2.45, 2.75) is 19.9 Å². The Bertz CT molecular complexity index is 880. The second kappa shape index (κ2) is 10.5. The summed E-state index contributed by atoms with van der Waals surface area (Å²) in [6.07, 6.45) is 2.56. The molecule has 1 aromatic carbocycles. The molecule has 1 atom stereocenters. The van der Waals surface area contributed by atoms with Gasteiger partial charge in [-0.3, -0.25) is 4.79 Å². The molecular formula is C17H18KN5O3. The van der Waals surface area contributed by atoms with Crippen LogP contribution in [-0.2, 0) is 4.79 Å². The molecule has 2 heterocycles. The third kappa shape index (κ3) is 5.97. The summed E-state index contributed by atoms with van der Waals surface area (Å²) in [6, 6.07) is 10.2. The molecule has 0 unspecified atom stereocenters. The summed E-state index contributed by atoms with van der Waals surface area (Å²) >= 11 is 0. The first-order valence-electron chi connectivity index (χ1n) is 7.51. The van der Waals surface area contributed by atoms with Crippen LogP contribution in [0.25, 0.3) is 11.0 Å². The Morgan fingerprint density at radius 2 is 1.88 bits per heavy atom. The molecule has 0 aliphatic heterocycles. The molecule has 2 aromatic heterocycles. The van der Waals surface area contributed by atoms with Gasteiger partial charge < -0.3 is 25.9 Å². The number of carboxylic acid groups (broad SMARTS) is 1. The number of aromatic amines is 1. The molecule has 0 spiro atoms. The molecular weight excluding hydrogens is 361 g/mol. The topological polar surface area (TPSA) is 137 Å². The number of anilines is 1. The molecule has 4 N–H and O–H groups in total. The fourth-order valence-corrected chi connectivity index (χ4v) is 2.14. The van der Waals surface area contributed by atoms with Gasteiger partial charge in [0, 0.05) is 19.2 Å². The van der Waals surface area contributed by atoms with Crippen molar-refractivity contribution in [3.8, 4) is 0 Å². The zero-order valence-electron chi connectivity index (χ0n) is 14.8. The van der Waals surface area contributed by atoms with Gasteiger partial charge >= 0.3 is 51.4 Å². The maximum Gasteiger partial charge on any atom is 1.00 e. The SMILES string of the molecule is CC(=O)Nc1c[nH]c2c(C(=O)[O-])ncnc12.C[C@H](N)c1ccccc1.[K+]. The van der Waals surface area contributed by atoms with Gasteiger partial charge in [0.15, 0.2) is 0 Å². The largest absolute Gasteiger partial charge is 1.00 e. The number of H-pyrrole nitrogens is 1. The Morgan fingerprint density at radius 3 is 2.38 bits per heavy atom. The van der Waals surface area contributed by atoms with Crippen LogP contribution < -0.4 is 67.5 Å². The molecule has 26 heavy (non-hydrogen) atoms. The second-order valence-electron chi connectivity index (χ2n) is 5.32. The van der Waals surface area contributed by atoms with E-state index in [1.54, 1.807) is 0 Å². The first kappa shape index (κ1) is 22.4. The maximum absolute atomic E-state index is 10.9. The number of fused-ring (bicyclic) bond motifs is 1. The number of carboxylic acids is 1. The monoisotopic (exact) mass is 379 g/mol. The summed E-state index contributed by atoms with van der Waals surface area (Å²) in [4.78, 5) is 31.8. The Labute approximate surface area is 193 Å². The molecule has 130 valence electrons. The van der Waals surface area contributed by atoms with Gasteiger partial charge in [-0.15, -0.1) is 0 Å². The van der Waals surface area contributed by atoms with Crippen LogP contribution in [-0.4, -0.2) is 26.8 Å². The van der Waals surface area contributed by atoms with Crippen LogP contribution in [0.5, 0.6) is 0 Å². The van der Waals surface area contributed by atoms with E-state index in [0.717, 1.165) is 6.33 Å². The molecule has 3 rings (SSSR count). The van der Waals surface area contributed by atoms with Crippen LogP contribution in [0.4, 0.5) is 5.69 Å². The number of benzene rings is 1. The molecule has 8 nitrogen and oxygen atoms in total. The van der Waals surface area contributed by atoms with Gasteiger partial charge in [-0.25, -0.2) is 9.97 Å². The minimum absolute atomic E-state index is 0. The number of hydrogen-bond acceptors (Lipinski definition) is 6. The van der Waals surface area contributed by atoms with Crippen LogP contribution >= 0.6 is 0 Å². The van der Waals surface area contributed by atoms with Gasteiger partial charge in [-0.1, -0.05) is 30.3 Å². The van der Waals surface area contributed by atoms with E-state index in [1.165, 1.54) is 18.7 Å². The Hall–Kier alpha value is -1.62. The summed E-state index contributed by atoms with van der Waals surface area (Å²) in [5.41, 5.74) is 7.55. The van der Waals surface area contributed by atoms with Crippen LogP contribution in [0.3, 0.4) is 0 Å². The van der Waals surface area contributed by atoms with E-state index in [9.17, 15) is 14.7 Å². The van der Waals surface area contributed by atoms with E-state index in [1.807, 2.05) is 37.3 Å². The smallest absolute Gasteiger partial charge is 0.543 e. The summed E-state index contributed by atoms with van der Waals surface area (Å²) in [5, 5.41) is 13.3. The molecule has 0 aliphatic rings. The van der Waals surface area contributed by atoms with E-state index >= 15 is 0 Å². The van der Waals surface area contributed by atoms with Crippen molar-refractivity contribution in [1.82, 2.24) is 15.0 Å². The first-order valence-corrected chi connectivity index (χ1v) is 7.51. The zero-order chi connectivity index (χ0) is 18.4. The predicted molar refractivity (Wildman–Crippen MR) is 91.6 cm³/mol. The van der Waals surface area contributed by atoms with E-state index in [2.05, 4.69) is 20.3 Å². The quantitative estimate of drug-likeness (QED) is 0.450. The number of aromatic carboxylic acids is 1. The van der Waals surface area contributed by atoms with Crippen molar-refractivity contribution in [2.75, 3.05) is 5.32 Å². The molecule has 0 bridgehead atoms. The average molecular weight is 379 g/mol. The van der Waals surface area contributed by atoms with E-state index in [0.29, 0.717) is 11.2 Å². The van der Waals surface area contributed by atoms with E-state index < -0.39 is 5.97 Å². The third-order valence-corrected chi connectivity index (χ3v) is 3.29. The number of aromatic nitrogens is 3. The molecule has 0 radical (unpaired) electrons. The fraction of sp³-hybridized carbons (Fsp3) is 0.176. The van der Waals surface area contributed by atoms with Crippen molar-refractivity contribution >= 4 is 28.6 Å². The van der Waals surface area contributed by atoms with Gasteiger partial charge in [-0.2, -0.15) is 0 Å². The third-order valence-electron chi connectivity index (χ3n) is 3.29. The number of amides is 1. The number of carbonyl (C=O) groups excluding carboxylic acids is 2. The van der Waals surface area contributed by atoms with Crippen LogP contribution in [0.15, 0.2) is 42.9 Å². The van der Waals surface area contributed by atoms with Crippen molar-refractivity contribution < 1.29 is 66.1 Å². The van der Waals surface area contributed by atoms with Crippen LogP contribution in [0, 0.1) is 0 Å². The van der Waals surface area contributed by atoms with Crippen molar-refractivity contribution in [1.29, 1.82) is 0 Å². The van der Waals surface area contributed by atoms with Crippen LogP contribution in [0.1, 0.15) is 35.9 Å². The molecule has 0 saturated heterocycles. The first-order chi connectivity index (χ1) is 11.9. The number of carbonyl (C=O) groups is 2. The maximum atomic E-state index is 10.9. The summed E-state index contributed by atoms with van der Waals surface area (Å²) in [6.45, 7) is 3.33. The normalized spacial score (nSPS) is 10.9. The van der Waals surface area contributed by atoms with Gasteiger partial charge in [-0.05, 0) is 12.5 Å². The van der Waals surface area contributed by atoms with Crippen molar-refractivity contribution in [3.05, 3.63) is 54.1 Å². The number of nitrogens with two attached hydrogens (primary N) is 1. The number of rotatable bonds is 3. The van der Waals surface area contributed by atoms with Gasteiger partial charge in [0.05, 0.1) is 17.2 Å². The zero-order valence-corrected chi connectivity index (χ0v) is 17.9. The van der Waals surface area contributed by atoms with E-state index in [-0.39, 0.29) is 74.5 Å². The predicted octanol–water partition coefficient (Wildman–Crippen LogP) is -2.01. The van der Waals surface area contributed by atoms with Gasteiger partial charge in [0.1, 0.15) is 17.5 Å². The summed E-state index contributed by atoms with van der Waals surface area (Å²) in [5.74, 6) is -1.67. The van der Waals surface area contributed by atoms with E-state index in [4.69, 9.17) is 5.73 Å².